The van der Waals surface area contributed by atoms with Crippen LogP contribution in [0.5, 0.6) is 0 Å². The molecule has 0 spiro atoms. The van der Waals surface area contributed by atoms with Gasteiger partial charge in [0.15, 0.2) is 5.78 Å². The van der Waals surface area contributed by atoms with Crippen LogP contribution in [0, 0.1) is 0 Å². The number of esters is 1. The molecule has 46 heavy (non-hydrogen) atoms. The Labute approximate surface area is 264 Å². The molecule has 1 aromatic heterocycles. The molecular weight excluding hydrogens is 593 g/mol. The molecule has 1 heterocycles. The minimum atomic E-state index is -4.45. The minimum absolute atomic E-state index is 0.0849. The van der Waals surface area contributed by atoms with Crippen LogP contribution in [0.15, 0.2) is 115 Å². The Morgan fingerprint density at radius 3 is 2.15 bits per heavy atom. The van der Waals surface area contributed by atoms with E-state index in [1.54, 1.807) is 67.7 Å². The SMILES string of the molecule is CCNC(=O)C(OC(=O)CCc1ccc(-c2cc(C(=O)c3ccccc3-c3ccc(C(F)(F)F)cc3)c[nH]2)cc1)c1ccccc1. The fourth-order valence-electron chi connectivity index (χ4n) is 5.07. The lowest BCUT2D eigenvalue weighted by Crippen LogP contribution is -2.32. The highest BCUT2D eigenvalue weighted by Crippen LogP contribution is 2.33. The molecule has 1 amide bonds. The number of ketones is 1. The highest BCUT2D eigenvalue weighted by Gasteiger charge is 2.30. The van der Waals surface area contributed by atoms with Gasteiger partial charge in [-0.2, -0.15) is 13.2 Å². The number of aryl methyl sites for hydroxylation is 1. The van der Waals surface area contributed by atoms with Crippen molar-refractivity contribution in [1.82, 2.24) is 10.3 Å². The molecule has 6 nitrogen and oxygen atoms in total. The second-order valence-electron chi connectivity index (χ2n) is 10.6. The lowest BCUT2D eigenvalue weighted by molar-refractivity contribution is -0.156. The standard InChI is InChI=1S/C37H31F3N2O4/c1-2-41-36(45)35(27-8-4-3-5-9-27)46-33(43)21-14-24-12-15-26(16-13-24)32-22-28(23-42-32)34(44)31-11-7-6-10-30(31)25-17-19-29(20-18-25)37(38,39)40/h3-13,15-20,22-23,35,42H,2,14,21H2,1H3,(H,41,45). The summed E-state index contributed by atoms with van der Waals surface area (Å²) in [7, 11) is 0. The second kappa shape index (κ2) is 14.1. The summed E-state index contributed by atoms with van der Waals surface area (Å²) in [6.45, 7) is 2.21. The lowest BCUT2D eigenvalue weighted by Gasteiger charge is -2.17. The predicted octanol–water partition coefficient (Wildman–Crippen LogP) is 7.95. The fraction of sp³-hybridized carbons (Fsp3) is 0.162. The number of aromatic amines is 1. The molecule has 0 fully saturated rings. The first-order valence-corrected chi connectivity index (χ1v) is 14.7. The number of ether oxygens (including phenoxy) is 1. The summed E-state index contributed by atoms with van der Waals surface area (Å²) in [6.07, 6.45) is -3.38. The van der Waals surface area contributed by atoms with Crippen LogP contribution in [0.4, 0.5) is 13.2 Å². The van der Waals surface area contributed by atoms with Crippen molar-refractivity contribution in [3.63, 3.8) is 0 Å². The Kier molecular flexibility index (Phi) is 9.81. The number of benzene rings is 4. The summed E-state index contributed by atoms with van der Waals surface area (Å²) < 4.78 is 44.7. The largest absolute Gasteiger partial charge is 0.447 e. The molecule has 5 aromatic rings. The number of hydrogen-bond acceptors (Lipinski definition) is 4. The van der Waals surface area contributed by atoms with Gasteiger partial charge >= 0.3 is 12.1 Å². The second-order valence-corrected chi connectivity index (χ2v) is 10.6. The van der Waals surface area contributed by atoms with Crippen molar-refractivity contribution in [1.29, 1.82) is 0 Å². The molecule has 9 heteroatoms. The number of H-pyrrole nitrogens is 1. The van der Waals surface area contributed by atoms with Gasteiger partial charge in [-0.15, -0.1) is 0 Å². The van der Waals surface area contributed by atoms with E-state index in [4.69, 9.17) is 4.74 Å². The molecule has 5 rings (SSSR count). The van der Waals surface area contributed by atoms with Gasteiger partial charge < -0.3 is 15.0 Å². The van der Waals surface area contributed by atoms with Gasteiger partial charge in [-0.25, -0.2) is 0 Å². The van der Waals surface area contributed by atoms with Gasteiger partial charge in [-0.1, -0.05) is 91.0 Å². The van der Waals surface area contributed by atoms with Gasteiger partial charge in [0.25, 0.3) is 5.91 Å². The average molecular weight is 625 g/mol. The Morgan fingerprint density at radius 2 is 1.48 bits per heavy atom. The van der Waals surface area contributed by atoms with Crippen molar-refractivity contribution in [3.8, 4) is 22.4 Å². The van der Waals surface area contributed by atoms with E-state index in [2.05, 4.69) is 10.3 Å². The Hall–Kier alpha value is -5.44. The first-order chi connectivity index (χ1) is 22.1. The van der Waals surface area contributed by atoms with E-state index >= 15 is 0 Å². The van der Waals surface area contributed by atoms with Crippen molar-refractivity contribution < 1.29 is 32.3 Å². The summed E-state index contributed by atoms with van der Waals surface area (Å²) >= 11 is 0. The molecule has 0 saturated heterocycles. The predicted molar refractivity (Wildman–Crippen MR) is 169 cm³/mol. The fourth-order valence-corrected chi connectivity index (χ4v) is 5.07. The lowest BCUT2D eigenvalue weighted by atomic mass is 9.94. The first-order valence-electron chi connectivity index (χ1n) is 14.7. The molecule has 0 aliphatic carbocycles. The highest BCUT2D eigenvalue weighted by molar-refractivity contribution is 6.13. The van der Waals surface area contributed by atoms with Crippen molar-refractivity contribution in [2.45, 2.75) is 32.0 Å². The van der Waals surface area contributed by atoms with Crippen LogP contribution in [0.2, 0.25) is 0 Å². The quantitative estimate of drug-likeness (QED) is 0.115. The Morgan fingerprint density at radius 1 is 0.826 bits per heavy atom. The molecule has 0 saturated carbocycles. The average Bonchev–Trinajstić information content (AvgIpc) is 3.57. The van der Waals surface area contributed by atoms with Gasteiger partial charge in [0, 0.05) is 41.5 Å². The van der Waals surface area contributed by atoms with Gasteiger partial charge in [0.05, 0.1) is 5.56 Å². The first kappa shape index (κ1) is 32.0. The molecule has 234 valence electrons. The Balaban J connectivity index is 1.23. The van der Waals surface area contributed by atoms with Gasteiger partial charge in [-0.3, -0.25) is 14.4 Å². The smallest absolute Gasteiger partial charge is 0.416 e. The number of carbonyl (C=O) groups is 3. The molecule has 4 aromatic carbocycles. The van der Waals surface area contributed by atoms with Gasteiger partial charge in [-0.05, 0) is 53.8 Å². The van der Waals surface area contributed by atoms with Crippen molar-refractivity contribution >= 4 is 17.7 Å². The van der Waals surface area contributed by atoms with Crippen LogP contribution in [-0.4, -0.2) is 29.2 Å². The molecule has 1 atom stereocenters. The van der Waals surface area contributed by atoms with E-state index < -0.39 is 23.8 Å². The van der Waals surface area contributed by atoms with E-state index in [-0.39, 0.29) is 18.1 Å². The van der Waals surface area contributed by atoms with Crippen molar-refractivity contribution in [2.24, 2.45) is 0 Å². The summed E-state index contributed by atoms with van der Waals surface area (Å²) in [6, 6.07) is 29.6. The molecule has 1 unspecified atom stereocenters. The molecule has 2 N–H and O–H groups in total. The summed E-state index contributed by atoms with van der Waals surface area (Å²) in [5.41, 5.74) is 4.07. The summed E-state index contributed by atoms with van der Waals surface area (Å²) in [5, 5.41) is 2.70. The van der Waals surface area contributed by atoms with E-state index in [9.17, 15) is 27.6 Å². The van der Waals surface area contributed by atoms with E-state index in [0.717, 1.165) is 23.3 Å². The topological polar surface area (TPSA) is 88.3 Å². The monoisotopic (exact) mass is 624 g/mol. The Bertz CT molecular complexity index is 1810. The third-order valence-electron chi connectivity index (χ3n) is 7.46. The van der Waals surface area contributed by atoms with E-state index in [1.807, 2.05) is 30.3 Å². The van der Waals surface area contributed by atoms with E-state index in [1.165, 1.54) is 12.1 Å². The third-order valence-corrected chi connectivity index (χ3v) is 7.46. The third kappa shape index (κ3) is 7.61. The zero-order valence-electron chi connectivity index (χ0n) is 24.9. The summed E-state index contributed by atoms with van der Waals surface area (Å²) in [4.78, 5) is 41.8. The van der Waals surface area contributed by atoms with Gasteiger partial charge in [0.1, 0.15) is 0 Å². The van der Waals surface area contributed by atoms with Crippen molar-refractivity contribution in [3.05, 3.63) is 143 Å². The number of amides is 1. The number of likely N-dealkylation sites (N-methyl/N-ethyl adjacent to an activating group) is 1. The zero-order chi connectivity index (χ0) is 32.7. The van der Waals surface area contributed by atoms with Crippen LogP contribution < -0.4 is 5.32 Å². The van der Waals surface area contributed by atoms with Crippen LogP contribution in [0.25, 0.3) is 22.4 Å². The number of rotatable bonds is 11. The molecule has 0 bridgehead atoms. The van der Waals surface area contributed by atoms with Crippen LogP contribution in [0.3, 0.4) is 0 Å². The molecule has 0 radical (unpaired) electrons. The minimum Gasteiger partial charge on any atom is -0.447 e. The highest BCUT2D eigenvalue weighted by atomic mass is 19.4. The van der Waals surface area contributed by atoms with Crippen LogP contribution in [0.1, 0.15) is 52.1 Å². The zero-order valence-corrected chi connectivity index (χ0v) is 24.9. The maximum absolute atomic E-state index is 13.5. The molecular formula is C37H31F3N2O4. The number of hydrogen-bond donors (Lipinski definition) is 2. The normalized spacial score (nSPS) is 11.9. The number of alkyl halides is 3. The molecule has 0 aliphatic heterocycles. The maximum atomic E-state index is 13.5. The number of aromatic nitrogens is 1. The van der Waals surface area contributed by atoms with Gasteiger partial charge in [0.2, 0.25) is 6.10 Å². The summed E-state index contributed by atoms with van der Waals surface area (Å²) in [5.74, 6) is -1.14. The van der Waals surface area contributed by atoms with Crippen molar-refractivity contribution in [2.75, 3.05) is 6.54 Å². The van der Waals surface area contributed by atoms with Crippen LogP contribution in [-0.2, 0) is 26.9 Å². The number of halogens is 3. The molecule has 0 aliphatic rings. The number of nitrogens with one attached hydrogen (secondary N) is 2. The van der Waals surface area contributed by atoms with E-state index in [0.29, 0.717) is 46.5 Å². The maximum Gasteiger partial charge on any atom is 0.416 e. The number of carbonyl (C=O) groups excluding carboxylic acids is 3. The van der Waals surface area contributed by atoms with Crippen LogP contribution >= 0.6 is 0 Å².